The van der Waals surface area contributed by atoms with Crippen molar-refractivity contribution in [2.45, 2.75) is 65.7 Å². The summed E-state index contributed by atoms with van der Waals surface area (Å²) >= 11 is 6.33. The predicted octanol–water partition coefficient (Wildman–Crippen LogP) is 7.52. The summed E-state index contributed by atoms with van der Waals surface area (Å²) in [5.74, 6) is 0.584. The molecule has 124 valence electrons. The van der Waals surface area contributed by atoms with E-state index in [0.29, 0.717) is 5.92 Å². The highest BCUT2D eigenvalue weighted by Crippen LogP contribution is 2.37. The van der Waals surface area contributed by atoms with Crippen LogP contribution in [0.2, 0.25) is 5.02 Å². The Kier molecular flexibility index (Phi) is 5.57. The molecule has 0 atom stereocenters. The van der Waals surface area contributed by atoms with E-state index in [0.717, 1.165) is 17.9 Å². The zero-order chi connectivity index (χ0) is 17.2. The van der Waals surface area contributed by atoms with Gasteiger partial charge in [0.2, 0.25) is 0 Å². The van der Waals surface area contributed by atoms with E-state index in [4.69, 9.17) is 11.6 Å². The average molecular weight is 329 g/mol. The third-order valence-corrected chi connectivity index (χ3v) is 4.93. The molecule has 0 fully saturated rings. The molecule has 0 saturated carbocycles. The molecule has 0 nitrogen and oxygen atoms in total. The van der Waals surface area contributed by atoms with Gasteiger partial charge in [-0.2, -0.15) is 0 Å². The number of hydrogen-bond donors (Lipinski definition) is 0. The van der Waals surface area contributed by atoms with E-state index in [9.17, 15) is 0 Å². The quantitative estimate of drug-likeness (QED) is 0.544. The van der Waals surface area contributed by atoms with Crippen LogP contribution in [0.1, 0.15) is 70.1 Å². The average Bonchev–Trinajstić information content (AvgIpc) is 2.48. The van der Waals surface area contributed by atoms with E-state index in [1.165, 1.54) is 27.8 Å². The molecular formula is C22H29Cl. The number of benzene rings is 2. The van der Waals surface area contributed by atoms with Gasteiger partial charge < -0.3 is 0 Å². The standard InChI is InChI=1S/C22H29Cl/c1-7-16(8-2)20-10-9-19(23)14-21(20)17-11-15(3)12-18(13-17)22(4,5)6/h9-14,16H,7-8H2,1-6H3. The van der Waals surface area contributed by atoms with Crippen LogP contribution in [0.4, 0.5) is 0 Å². The van der Waals surface area contributed by atoms with Crippen molar-refractivity contribution in [3.05, 3.63) is 58.1 Å². The van der Waals surface area contributed by atoms with Crippen LogP contribution in [-0.2, 0) is 5.41 Å². The van der Waals surface area contributed by atoms with Gasteiger partial charge in [0, 0.05) is 5.02 Å². The summed E-state index contributed by atoms with van der Waals surface area (Å²) in [4.78, 5) is 0. The lowest BCUT2D eigenvalue weighted by Crippen LogP contribution is -2.11. The van der Waals surface area contributed by atoms with E-state index in [2.05, 4.69) is 71.9 Å². The lowest BCUT2D eigenvalue weighted by atomic mass is 9.82. The fourth-order valence-corrected chi connectivity index (χ4v) is 3.41. The first-order chi connectivity index (χ1) is 10.8. The van der Waals surface area contributed by atoms with Crippen molar-refractivity contribution in [3.63, 3.8) is 0 Å². The van der Waals surface area contributed by atoms with Gasteiger partial charge in [0.25, 0.3) is 0 Å². The van der Waals surface area contributed by atoms with Crippen molar-refractivity contribution in [1.82, 2.24) is 0 Å². The highest BCUT2D eigenvalue weighted by Gasteiger charge is 2.18. The summed E-state index contributed by atoms with van der Waals surface area (Å²) < 4.78 is 0. The minimum absolute atomic E-state index is 0.147. The molecule has 2 aromatic carbocycles. The van der Waals surface area contributed by atoms with E-state index in [1.807, 2.05) is 6.07 Å². The monoisotopic (exact) mass is 328 g/mol. The second kappa shape index (κ2) is 7.09. The Balaban J connectivity index is 2.66. The molecule has 0 aromatic heterocycles. The van der Waals surface area contributed by atoms with Gasteiger partial charge in [-0.15, -0.1) is 0 Å². The fraction of sp³-hybridized carbons (Fsp3) is 0.455. The van der Waals surface area contributed by atoms with Crippen LogP contribution in [0.3, 0.4) is 0 Å². The first-order valence-corrected chi connectivity index (χ1v) is 9.06. The third-order valence-electron chi connectivity index (χ3n) is 4.70. The minimum atomic E-state index is 0.147. The number of hydrogen-bond acceptors (Lipinski definition) is 0. The molecule has 0 spiro atoms. The molecule has 0 N–H and O–H groups in total. The lowest BCUT2D eigenvalue weighted by Gasteiger charge is -2.23. The van der Waals surface area contributed by atoms with Gasteiger partial charge in [-0.05, 0) is 65.5 Å². The molecule has 0 bridgehead atoms. The fourth-order valence-electron chi connectivity index (χ4n) is 3.23. The first-order valence-electron chi connectivity index (χ1n) is 8.68. The van der Waals surface area contributed by atoms with Crippen molar-refractivity contribution >= 4 is 11.6 Å². The Morgan fingerprint density at radius 1 is 0.957 bits per heavy atom. The predicted molar refractivity (Wildman–Crippen MR) is 104 cm³/mol. The number of rotatable bonds is 4. The van der Waals surface area contributed by atoms with Crippen LogP contribution < -0.4 is 0 Å². The molecule has 0 aliphatic rings. The highest BCUT2D eigenvalue weighted by atomic mass is 35.5. The van der Waals surface area contributed by atoms with Gasteiger partial charge in [0.1, 0.15) is 0 Å². The number of aryl methyl sites for hydroxylation is 1. The Morgan fingerprint density at radius 2 is 1.61 bits per heavy atom. The normalized spacial score (nSPS) is 12.0. The molecule has 1 heteroatoms. The summed E-state index contributed by atoms with van der Waals surface area (Å²) in [7, 11) is 0. The second-order valence-corrected chi connectivity index (χ2v) is 8.02. The summed E-state index contributed by atoms with van der Waals surface area (Å²) in [5.41, 5.74) is 6.84. The topological polar surface area (TPSA) is 0 Å². The molecule has 2 rings (SSSR count). The van der Waals surface area contributed by atoms with E-state index >= 15 is 0 Å². The highest BCUT2D eigenvalue weighted by molar-refractivity contribution is 6.30. The van der Waals surface area contributed by atoms with Crippen molar-refractivity contribution < 1.29 is 0 Å². The third kappa shape index (κ3) is 4.18. The van der Waals surface area contributed by atoms with Crippen LogP contribution >= 0.6 is 11.6 Å². The molecule has 0 saturated heterocycles. The molecule has 0 radical (unpaired) electrons. The maximum atomic E-state index is 6.33. The van der Waals surface area contributed by atoms with Gasteiger partial charge in [0.15, 0.2) is 0 Å². The Labute approximate surface area is 146 Å². The van der Waals surface area contributed by atoms with E-state index in [-0.39, 0.29) is 5.41 Å². The van der Waals surface area contributed by atoms with Gasteiger partial charge in [-0.1, -0.05) is 76.0 Å². The van der Waals surface area contributed by atoms with Crippen LogP contribution in [-0.4, -0.2) is 0 Å². The van der Waals surface area contributed by atoms with Crippen LogP contribution in [0, 0.1) is 6.92 Å². The molecular weight excluding hydrogens is 300 g/mol. The van der Waals surface area contributed by atoms with Crippen LogP contribution in [0.5, 0.6) is 0 Å². The van der Waals surface area contributed by atoms with Gasteiger partial charge in [0.05, 0.1) is 0 Å². The van der Waals surface area contributed by atoms with Crippen molar-refractivity contribution in [3.8, 4) is 11.1 Å². The largest absolute Gasteiger partial charge is 0.0843 e. The molecule has 0 heterocycles. The maximum absolute atomic E-state index is 6.33. The van der Waals surface area contributed by atoms with Crippen LogP contribution in [0.25, 0.3) is 11.1 Å². The summed E-state index contributed by atoms with van der Waals surface area (Å²) in [6, 6.07) is 13.3. The number of halogens is 1. The van der Waals surface area contributed by atoms with Gasteiger partial charge in [-0.25, -0.2) is 0 Å². The molecule has 0 unspecified atom stereocenters. The van der Waals surface area contributed by atoms with Crippen LogP contribution in [0.15, 0.2) is 36.4 Å². The zero-order valence-electron chi connectivity index (χ0n) is 15.3. The zero-order valence-corrected chi connectivity index (χ0v) is 16.1. The molecule has 0 aliphatic carbocycles. The molecule has 23 heavy (non-hydrogen) atoms. The Bertz CT molecular complexity index is 673. The minimum Gasteiger partial charge on any atom is -0.0843 e. The Hall–Kier alpha value is -1.27. The Morgan fingerprint density at radius 3 is 2.17 bits per heavy atom. The maximum Gasteiger partial charge on any atom is 0.0412 e. The summed E-state index contributed by atoms with van der Waals surface area (Å²) in [6.07, 6.45) is 2.31. The van der Waals surface area contributed by atoms with Crippen molar-refractivity contribution in [2.75, 3.05) is 0 Å². The SMILES string of the molecule is CCC(CC)c1ccc(Cl)cc1-c1cc(C)cc(C(C)(C)C)c1. The van der Waals surface area contributed by atoms with E-state index < -0.39 is 0 Å². The lowest BCUT2D eigenvalue weighted by molar-refractivity contribution is 0.590. The molecule has 0 amide bonds. The summed E-state index contributed by atoms with van der Waals surface area (Å²) in [5, 5.41) is 0.813. The molecule has 2 aromatic rings. The van der Waals surface area contributed by atoms with Gasteiger partial charge in [-0.3, -0.25) is 0 Å². The molecule has 0 aliphatic heterocycles. The van der Waals surface area contributed by atoms with Gasteiger partial charge >= 0.3 is 0 Å². The van der Waals surface area contributed by atoms with E-state index in [1.54, 1.807) is 0 Å². The second-order valence-electron chi connectivity index (χ2n) is 7.58. The smallest absolute Gasteiger partial charge is 0.0412 e. The first kappa shape index (κ1) is 18.1. The van der Waals surface area contributed by atoms with Crippen molar-refractivity contribution in [2.24, 2.45) is 0 Å². The van der Waals surface area contributed by atoms with Crippen molar-refractivity contribution in [1.29, 1.82) is 0 Å². The summed E-state index contributed by atoms with van der Waals surface area (Å²) in [6.45, 7) is 13.5.